The van der Waals surface area contributed by atoms with Gasteiger partial charge in [0, 0.05) is 13.3 Å². The van der Waals surface area contributed by atoms with Gasteiger partial charge in [-0.25, -0.2) is 4.98 Å². The van der Waals surface area contributed by atoms with Crippen LogP contribution in [0.15, 0.2) is 28.2 Å². The SMILES string of the molecule is CC(=O)Nc1nc(Br)sc1Cc1ccc(C)cc1. The highest BCUT2D eigenvalue weighted by Crippen LogP contribution is 2.29. The number of carbonyl (C=O) groups excluding carboxylic acids is 1. The van der Waals surface area contributed by atoms with Gasteiger partial charge in [0.1, 0.15) is 5.82 Å². The first kappa shape index (κ1) is 13.2. The molecule has 0 aliphatic carbocycles. The van der Waals surface area contributed by atoms with Crippen molar-refractivity contribution in [1.82, 2.24) is 4.98 Å². The summed E-state index contributed by atoms with van der Waals surface area (Å²) in [5, 5.41) is 2.76. The lowest BCUT2D eigenvalue weighted by Gasteiger charge is -2.03. The fourth-order valence-electron chi connectivity index (χ4n) is 1.60. The van der Waals surface area contributed by atoms with Crippen LogP contribution in [0.1, 0.15) is 22.9 Å². The van der Waals surface area contributed by atoms with Gasteiger partial charge < -0.3 is 5.32 Å². The quantitative estimate of drug-likeness (QED) is 0.933. The first-order chi connectivity index (χ1) is 8.54. The molecule has 3 nitrogen and oxygen atoms in total. The van der Waals surface area contributed by atoms with Gasteiger partial charge in [-0.05, 0) is 28.4 Å². The number of hydrogen-bond donors (Lipinski definition) is 1. The normalized spacial score (nSPS) is 10.4. The number of nitrogens with one attached hydrogen (secondary N) is 1. The molecule has 1 amide bonds. The molecule has 1 heterocycles. The molecule has 18 heavy (non-hydrogen) atoms. The zero-order valence-corrected chi connectivity index (χ0v) is 12.6. The molecule has 2 rings (SSSR count). The first-order valence-corrected chi connectivity index (χ1v) is 7.14. The van der Waals surface area contributed by atoms with Gasteiger partial charge in [-0.1, -0.05) is 29.8 Å². The smallest absolute Gasteiger partial charge is 0.222 e. The molecule has 1 aromatic heterocycles. The Morgan fingerprint density at radius 1 is 1.39 bits per heavy atom. The summed E-state index contributed by atoms with van der Waals surface area (Å²) < 4.78 is 0.786. The minimum atomic E-state index is -0.0991. The van der Waals surface area contributed by atoms with Crippen LogP contribution >= 0.6 is 27.3 Å². The molecule has 2 aromatic rings. The molecule has 1 N–H and O–H groups in total. The van der Waals surface area contributed by atoms with Gasteiger partial charge in [0.2, 0.25) is 5.91 Å². The van der Waals surface area contributed by atoms with Crippen molar-refractivity contribution in [3.63, 3.8) is 0 Å². The second-order valence-electron chi connectivity index (χ2n) is 4.08. The second-order valence-corrected chi connectivity index (χ2v) is 6.44. The van der Waals surface area contributed by atoms with E-state index in [1.54, 1.807) is 11.3 Å². The van der Waals surface area contributed by atoms with E-state index in [2.05, 4.69) is 57.4 Å². The van der Waals surface area contributed by atoms with Gasteiger partial charge in [0.15, 0.2) is 3.92 Å². The third kappa shape index (κ3) is 3.40. The number of halogens is 1. The van der Waals surface area contributed by atoms with Gasteiger partial charge in [0.05, 0.1) is 4.88 Å². The molecule has 0 saturated carbocycles. The van der Waals surface area contributed by atoms with E-state index in [-0.39, 0.29) is 5.91 Å². The monoisotopic (exact) mass is 324 g/mol. The van der Waals surface area contributed by atoms with Crippen molar-refractivity contribution in [3.8, 4) is 0 Å². The molecular weight excluding hydrogens is 312 g/mol. The Labute approximate surface area is 118 Å². The van der Waals surface area contributed by atoms with Gasteiger partial charge in [-0.2, -0.15) is 0 Å². The molecule has 0 atom stereocenters. The van der Waals surface area contributed by atoms with Crippen molar-refractivity contribution >= 4 is 39.0 Å². The highest BCUT2D eigenvalue weighted by molar-refractivity contribution is 9.11. The second kappa shape index (κ2) is 5.63. The predicted molar refractivity (Wildman–Crippen MR) is 78.1 cm³/mol. The summed E-state index contributed by atoms with van der Waals surface area (Å²) >= 11 is 4.90. The predicted octanol–water partition coefficient (Wildman–Crippen LogP) is 3.76. The van der Waals surface area contributed by atoms with Crippen LogP contribution in [0.5, 0.6) is 0 Å². The molecule has 0 saturated heterocycles. The number of carbonyl (C=O) groups is 1. The van der Waals surface area contributed by atoms with E-state index < -0.39 is 0 Å². The molecule has 0 fully saturated rings. The maximum Gasteiger partial charge on any atom is 0.222 e. The number of anilines is 1. The van der Waals surface area contributed by atoms with Crippen molar-refractivity contribution < 1.29 is 4.79 Å². The molecule has 94 valence electrons. The number of amides is 1. The van der Waals surface area contributed by atoms with Crippen LogP contribution in [-0.4, -0.2) is 10.9 Å². The minimum Gasteiger partial charge on any atom is -0.310 e. The number of benzene rings is 1. The number of hydrogen-bond acceptors (Lipinski definition) is 3. The van der Waals surface area contributed by atoms with Gasteiger partial charge >= 0.3 is 0 Å². The molecule has 1 aromatic carbocycles. The molecule has 5 heteroatoms. The largest absolute Gasteiger partial charge is 0.310 e. The molecule has 0 radical (unpaired) electrons. The Balaban J connectivity index is 2.22. The lowest BCUT2D eigenvalue weighted by Crippen LogP contribution is -2.07. The first-order valence-electron chi connectivity index (χ1n) is 5.53. The van der Waals surface area contributed by atoms with Crippen molar-refractivity contribution in [2.24, 2.45) is 0 Å². The van der Waals surface area contributed by atoms with E-state index in [4.69, 9.17) is 0 Å². The van der Waals surface area contributed by atoms with Crippen molar-refractivity contribution in [1.29, 1.82) is 0 Å². The van der Waals surface area contributed by atoms with Crippen molar-refractivity contribution in [2.75, 3.05) is 5.32 Å². The number of nitrogens with zero attached hydrogens (tertiary/aromatic N) is 1. The molecule has 0 aliphatic rings. The lowest BCUT2D eigenvalue weighted by atomic mass is 10.1. The van der Waals surface area contributed by atoms with Gasteiger partial charge in [-0.15, -0.1) is 11.3 Å². The fourth-order valence-corrected chi connectivity index (χ4v) is 3.13. The highest BCUT2D eigenvalue weighted by Gasteiger charge is 2.11. The maximum absolute atomic E-state index is 11.1. The van der Waals surface area contributed by atoms with Crippen LogP contribution in [-0.2, 0) is 11.2 Å². The van der Waals surface area contributed by atoms with Crippen LogP contribution in [0.2, 0.25) is 0 Å². The average molecular weight is 325 g/mol. The molecule has 0 bridgehead atoms. The topological polar surface area (TPSA) is 42.0 Å². The summed E-state index contributed by atoms with van der Waals surface area (Å²) in [6, 6.07) is 8.37. The van der Waals surface area contributed by atoms with Crippen LogP contribution in [0.25, 0.3) is 0 Å². The standard InChI is InChI=1S/C13H13BrN2OS/c1-8-3-5-10(6-4-8)7-11-12(15-9(2)17)16-13(14)18-11/h3-6H,7H2,1-2H3,(H,15,17). The Morgan fingerprint density at radius 2 is 2.06 bits per heavy atom. The number of aromatic nitrogens is 1. The summed E-state index contributed by atoms with van der Waals surface area (Å²) in [6.07, 6.45) is 0.777. The number of rotatable bonds is 3. The molecule has 0 spiro atoms. The minimum absolute atomic E-state index is 0.0991. The van der Waals surface area contributed by atoms with Crippen LogP contribution in [0.3, 0.4) is 0 Å². The summed E-state index contributed by atoms with van der Waals surface area (Å²) in [7, 11) is 0. The molecule has 0 unspecified atom stereocenters. The Hall–Kier alpha value is -1.20. The zero-order chi connectivity index (χ0) is 13.1. The third-order valence-corrected chi connectivity index (χ3v) is 3.96. The number of aryl methyl sites for hydroxylation is 1. The van der Waals surface area contributed by atoms with Crippen LogP contribution in [0.4, 0.5) is 5.82 Å². The van der Waals surface area contributed by atoms with Crippen molar-refractivity contribution in [2.45, 2.75) is 20.3 Å². The van der Waals surface area contributed by atoms with Gasteiger partial charge in [0.25, 0.3) is 0 Å². The summed E-state index contributed by atoms with van der Waals surface area (Å²) in [6.45, 7) is 3.55. The number of thiazole rings is 1. The lowest BCUT2D eigenvalue weighted by molar-refractivity contribution is -0.114. The average Bonchev–Trinajstić information content (AvgIpc) is 2.61. The summed E-state index contributed by atoms with van der Waals surface area (Å²) in [4.78, 5) is 16.4. The van der Waals surface area contributed by atoms with E-state index in [0.717, 1.165) is 15.2 Å². The fraction of sp³-hybridized carbons (Fsp3) is 0.231. The Morgan fingerprint density at radius 3 is 2.67 bits per heavy atom. The maximum atomic E-state index is 11.1. The van der Waals surface area contributed by atoms with E-state index in [1.807, 2.05) is 0 Å². The Bertz CT molecular complexity index is 563. The van der Waals surface area contributed by atoms with E-state index in [9.17, 15) is 4.79 Å². The van der Waals surface area contributed by atoms with Crippen molar-refractivity contribution in [3.05, 3.63) is 44.2 Å². The zero-order valence-electron chi connectivity index (χ0n) is 10.2. The van der Waals surface area contributed by atoms with Crippen LogP contribution < -0.4 is 5.32 Å². The highest BCUT2D eigenvalue weighted by atomic mass is 79.9. The summed E-state index contributed by atoms with van der Waals surface area (Å²) in [5.74, 6) is 0.554. The van der Waals surface area contributed by atoms with E-state index >= 15 is 0 Å². The van der Waals surface area contributed by atoms with E-state index in [0.29, 0.717) is 5.82 Å². The third-order valence-electron chi connectivity index (χ3n) is 2.45. The summed E-state index contributed by atoms with van der Waals surface area (Å²) in [5.41, 5.74) is 2.45. The van der Waals surface area contributed by atoms with E-state index in [1.165, 1.54) is 18.1 Å². The Kier molecular flexibility index (Phi) is 4.14. The molecule has 0 aliphatic heterocycles. The van der Waals surface area contributed by atoms with Gasteiger partial charge in [-0.3, -0.25) is 4.79 Å². The van der Waals surface area contributed by atoms with Crippen LogP contribution in [0, 0.1) is 6.92 Å². The molecular formula is C13H13BrN2OS.